The first-order valence-electron chi connectivity index (χ1n) is 6.67. The van der Waals surface area contributed by atoms with Crippen LogP contribution in [0.25, 0.3) is 0 Å². The molecule has 0 aliphatic heterocycles. The summed E-state index contributed by atoms with van der Waals surface area (Å²) >= 11 is 0. The fourth-order valence-electron chi connectivity index (χ4n) is 1.55. The Bertz CT molecular complexity index is 402. The second-order valence-electron chi connectivity index (χ2n) is 5.61. The summed E-state index contributed by atoms with van der Waals surface area (Å²) in [5.74, 6) is 0.881. The number of hydrogen-bond acceptors (Lipinski definition) is 4. The van der Waals surface area contributed by atoms with Gasteiger partial charge in [0, 0.05) is 25.3 Å². The summed E-state index contributed by atoms with van der Waals surface area (Å²) in [5, 5.41) is 9.26. The third kappa shape index (κ3) is 5.17. The van der Waals surface area contributed by atoms with Gasteiger partial charge in [0.1, 0.15) is 0 Å². The van der Waals surface area contributed by atoms with Crippen LogP contribution in [0.5, 0.6) is 5.88 Å². The molecular formula is C15H25NO3. The van der Waals surface area contributed by atoms with Crippen LogP contribution in [0.1, 0.15) is 51.3 Å². The highest BCUT2D eigenvalue weighted by atomic mass is 16.5. The van der Waals surface area contributed by atoms with Gasteiger partial charge in [0.2, 0.25) is 5.88 Å². The predicted octanol–water partition coefficient (Wildman–Crippen LogP) is 2.89. The minimum Gasteiger partial charge on any atom is -0.478 e. The number of methoxy groups -OCH3 is 1. The molecule has 0 atom stereocenters. The van der Waals surface area contributed by atoms with Crippen LogP contribution in [0.3, 0.4) is 0 Å². The molecule has 0 amide bonds. The van der Waals surface area contributed by atoms with Crippen LogP contribution in [0, 0.1) is 0 Å². The van der Waals surface area contributed by atoms with Crippen molar-refractivity contribution in [3.05, 3.63) is 23.4 Å². The zero-order valence-corrected chi connectivity index (χ0v) is 12.6. The fourth-order valence-corrected chi connectivity index (χ4v) is 1.55. The molecule has 1 N–H and O–H groups in total. The van der Waals surface area contributed by atoms with Crippen LogP contribution in [-0.2, 0) is 11.3 Å². The number of hydrogen-bond donors (Lipinski definition) is 1. The molecule has 0 radical (unpaired) electrons. The van der Waals surface area contributed by atoms with Crippen molar-refractivity contribution in [3.63, 3.8) is 0 Å². The molecule has 0 spiro atoms. The highest BCUT2D eigenvalue weighted by Crippen LogP contribution is 2.20. The molecule has 0 saturated carbocycles. The van der Waals surface area contributed by atoms with E-state index in [-0.39, 0.29) is 12.2 Å². The lowest BCUT2D eigenvalue weighted by Crippen LogP contribution is -2.25. The molecule has 1 rings (SSSR count). The standard InChI is InChI=1S/C15H25NO3/c1-11(2)13-8-12(10-17)9-14(16-13)19-7-6-15(3,4)18-5/h8-9,11,17H,6-7,10H2,1-5H3. The molecule has 19 heavy (non-hydrogen) atoms. The van der Waals surface area contributed by atoms with Gasteiger partial charge in [-0.25, -0.2) is 4.98 Å². The largest absolute Gasteiger partial charge is 0.478 e. The van der Waals surface area contributed by atoms with Crippen molar-refractivity contribution >= 4 is 0 Å². The van der Waals surface area contributed by atoms with E-state index in [1.165, 1.54) is 0 Å². The van der Waals surface area contributed by atoms with E-state index in [0.29, 0.717) is 18.4 Å². The van der Waals surface area contributed by atoms with E-state index >= 15 is 0 Å². The number of pyridine rings is 1. The first-order valence-corrected chi connectivity index (χ1v) is 6.67. The summed E-state index contributed by atoms with van der Waals surface area (Å²) < 4.78 is 11.0. The zero-order valence-electron chi connectivity index (χ0n) is 12.6. The van der Waals surface area contributed by atoms with Crippen LogP contribution in [-0.4, -0.2) is 29.4 Å². The molecule has 0 aliphatic rings. The number of aliphatic hydroxyl groups excluding tert-OH is 1. The van der Waals surface area contributed by atoms with E-state index in [9.17, 15) is 5.11 Å². The Balaban J connectivity index is 2.70. The number of ether oxygens (including phenoxy) is 2. The Labute approximate surface area is 115 Å². The van der Waals surface area contributed by atoms with Crippen molar-refractivity contribution < 1.29 is 14.6 Å². The van der Waals surface area contributed by atoms with Gasteiger partial charge in [0.25, 0.3) is 0 Å². The normalized spacial score (nSPS) is 11.9. The number of nitrogens with zero attached hydrogens (tertiary/aromatic N) is 1. The maximum absolute atomic E-state index is 9.26. The van der Waals surface area contributed by atoms with Crippen molar-refractivity contribution in [2.45, 2.75) is 52.2 Å². The van der Waals surface area contributed by atoms with Crippen molar-refractivity contribution in [2.75, 3.05) is 13.7 Å². The van der Waals surface area contributed by atoms with E-state index in [2.05, 4.69) is 18.8 Å². The first kappa shape index (κ1) is 15.9. The molecule has 108 valence electrons. The monoisotopic (exact) mass is 267 g/mol. The molecule has 1 aromatic heterocycles. The van der Waals surface area contributed by atoms with E-state index in [4.69, 9.17) is 9.47 Å². The average molecular weight is 267 g/mol. The summed E-state index contributed by atoms with van der Waals surface area (Å²) in [6.45, 7) is 8.73. The third-order valence-electron chi connectivity index (χ3n) is 3.16. The predicted molar refractivity (Wildman–Crippen MR) is 75.4 cm³/mol. The second kappa shape index (κ2) is 6.87. The highest BCUT2D eigenvalue weighted by molar-refractivity contribution is 5.26. The maximum Gasteiger partial charge on any atom is 0.213 e. The van der Waals surface area contributed by atoms with Crippen LogP contribution in [0.4, 0.5) is 0 Å². The molecule has 0 unspecified atom stereocenters. The summed E-state index contributed by atoms with van der Waals surface area (Å²) in [7, 11) is 1.70. The SMILES string of the molecule is COC(C)(C)CCOc1cc(CO)cc(C(C)C)n1. The maximum atomic E-state index is 9.26. The van der Waals surface area contributed by atoms with Gasteiger partial charge in [-0.2, -0.15) is 0 Å². The first-order chi connectivity index (χ1) is 8.88. The van der Waals surface area contributed by atoms with Gasteiger partial charge < -0.3 is 14.6 Å². The molecule has 0 fully saturated rings. The molecule has 4 heteroatoms. The molecule has 0 aromatic carbocycles. The minimum atomic E-state index is -0.199. The Morgan fingerprint density at radius 1 is 1.32 bits per heavy atom. The van der Waals surface area contributed by atoms with Gasteiger partial charge in [-0.3, -0.25) is 0 Å². The highest BCUT2D eigenvalue weighted by Gasteiger charge is 2.16. The van der Waals surface area contributed by atoms with E-state index in [1.807, 2.05) is 19.9 Å². The van der Waals surface area contributed by atoms with Crippen LogP contribution >= 0.6 is 0 Å². The number of aliphatic hydroxyl groups is 1. The Morgan fingerprint density at radius 2 is 2.00 bits per heavy atom. The fraction of sp³-hybridized carbons (Fsp3) is 0.667. The van der Waals surface area contributed by atoms with Crippen LogP contribution < -0.4 is 4.74 Å². The summed E-state index contributed by atoms with van der Waals surface area (Å²) in [4.78, 5) is 4.45. The van der Waals surface area contributed by atoms with Crippen molar-refractivity contribution in [1.29, 1.82) is 0 Å². The zero-order chi connectivity index (χ0) is 14.5. The summed E-state index contributed by atoms with van der Waals surface area (Å²) in [6.07, 6.45) is 0.783. The smallest absolute Gasteiger partial charge is 0.213 e. The Morgan fingerprint density at radius 3 is 2.53 bits per heavy atom. The topological polar surface area (TPSA) is 51.6 Å². The van der Waals surface area contributed by atoms with Gasteiger partial charge in [0.15, 0.2) is 0 Å². The second-order valence-corrected chi connectivity index (χ2v) is 5.61. The molecule has 4 nitrogen and oxygen atoms in total. The third-order valence-corrected chi connectivity index (χ3v) is 3.16. The van der Waals surface area contributed by atoms with E-state index in [0.717, 1.165) is 17.7 Å². The molecule has 0 aliphatic carbocycles. The lowest BCUT2D eigenvalue weighted by atomic mass is 10.1. The van der Waals surface area contributed by atoms with E-state index in [1.54, 1.807) is 13.2 Å². The lowest BCUT2D eigenvalue weighted by molar-refractivity contribution is 0.00505. The van der Waals surface area contributed by atoms with Gasteiger partial charge in [0.05, 0.1) is 18.8 Å². The van der Waals surface area contributed by atoms with Crippen molar-refractivity contribution in [3.8, 4) is 5.88 Å². The van der Waals surface area contributed by atoms with Gasteiger partial charge in [-0.15, -0.1) is 0 Å². The Kier molecular flexibility index (Phi) is 5.76. The van der Waals surface area contributed by atoms with Crippen molar-refractivity contribution in [2.24, 2.45) is 0 Å². The quantitative estimate of drug-likeness (QED) is 0.825. The summed E-state index contributed by atoms with van der Waals surface area (Å²) in [5.41, 5.74) is 1.57. The number of rotatable bonds is 7. The molecule has 1 aromatic rings. The van der Waals surface area contributed by atoms with Crippen molar-refractivity contribution in [1.82, 2.24) is 4.98 Å². The van der Waals surface area contributed by atoms with Crippen LogP contribution in [0.15, 0.2) is 12.1 Å². The lowest BCUT2D eigenvalue weighted by Gasteiger charge is -2.22. The summed E-state index contributed by atoms with van der Waals surface area (Å²) in [6, 6.07) is 3.70. The minimum absolute atomic E-state index is 0.00215. The number of aromatic nitrogens is 1. The van der Waals surface area contributed by atoms with Gasteiger partial charge in [-0.1, -0.05) is 13.8 Å². The van der Waals surface area contributed by atoms with Gasteiger partial charge in [-0.05, 0) is 31.4 Å². The molecular weight excluding hydrogens is 242 g/mol. The van der Waals surface area contributed by atoms with E-state index < -0.39 is 0 Å². The molecule has 1 heterocycles. The molecule has 0 bridgehead atoms. The van der Waals surface area contributed by atoms with Gasteiger partial charge >= 0.3 is 0 Å². The molecule has 0 saturated heterocycles. The average Bonchev–Trinajstić information content (AvgIpc) is 2.38. The van der Waals surface area contributed by atoms with Crippen LogP contribution in [0.2, 0.25) is 0 Å². The Hall–Kier alpha value is -1.13.